The van der Waals surface area contributed by atoms with Gasteiger partial charge in [-0.25, -0.2) is 9.97 Å². The molecule has 2 rings (SSSR count). The summed E-state index contributed by atoms with van der Waals surface area (Å²) in [7, 11) is 0. The Morgan fingerprint density at radius 2 is 2.28 bits per heavy atom. The third kappa shape index (κ3) is 3.65. The molecule has 0 aromatic carbocycles. The highest BCUT2D eigenvalue weighted by Gasteiger charge is 2.17. The lowest BCUT2D eigenvalue weighted by Crippen LogP contribution is -2.45. The summed E-state index contributed by atoms with van der Waals surface area (Å²) < 4.78 is 5.43. The van der Waals surface area contributed by atoms with Crippen LogP contribution in [0.4, 0.5) is 5.82 Å². The van der Waals surface area contributed by atoms with E-state index >= 15 is 0 Å². The molecule has 0 bridgehead atoms. The summed E-state index contributed by atoms with van der Waals surface area (Å²) in [5.41, 5.74) is 1.00. The van der Waals surface area contributed by atoms with Crippen LogP contribution in [-0.4, -0.2) is 53.8 Å². The van der Waals surface area contributed by atoms with Crippen LogP contribution in [0.5, 0.6) is 0 Å². The molecule has 1 atom stereocenters. The lowest BCUT2D eigenvalue weighted by Gasteiger charge is -2.33. The van der Waals surface area contributed by atoms with Crippen molar-refractivity contribution in [2.45, 2.75) is 26.8 Å². The highest BCUT2D eigenvalue weighted by atomic mass is 16.5. The van der Waals surface area contributed by atoms with Crippen LogP contribution in [0, 0.1) is 13.8 Å². The topological polar surface area (TPSA) is 50.3 Å². The predicted octanol–water partition coefficient (Wildman–Crippen LogP) is 1.23. The average molecular weight is 250 g/mol. The number of morpholine rings is 1. The fourth-order valence-electron chi connectivity index (χ4n) is 2.23. The number of hydrogen-bond acceptors (Lipinski definition) is 5. The third-order valence-electron chi connectivity index (χ3n) is 3.18. The van der Waals surface area contributed by atoms with E-state index in [9.17, 15) is 0 Å². The van der Waals surface area contributed by atoms with Crippen molar-refractivity contribution in [3.8, 4) is 0 Å². The highest BCUT2D eigenvalue weighted by Crippen LogP contribution is 2.07. The van der Waals surface area contributed by atoms with E-state index in [0.29, 0.717) is 6.04 Å². The number of aryl methyl sites for hydroxylation is 2. The van der Waals surface area contributed by atoms with Gasteiger partial charge in [0, 0.05) is 37.4 Å². The van der Waals surface area contributed by atoms with Crippen molar-refractivity contribution in [2.24, 2.45) is 0 Å². The Labute approximate surface area is 109 Å². The number of anilines is 1. The van der Waals surface area contributed by atoms with Crippen LogP contribution < -0.4 is 5.32 Å². The maximum absolute atomic E-state index is 5.43. The molecule has 5 nitrogen and oxygen atoms in total. The van der Waals surface area contributed by atoms with E-state index in [0.717, 1.165) is 50.2 Å². The molecule has 1 aliphatic heterocycles. The van der Waals surface area contributed by atoms with Gasteiger partial charge in [0.25, 0.3) is 0 Å². The summed E-state index contributed by atoms with van der Waals surface area (Å²) in [5, 5.41) is 3.36. The smallest absolute Gasteiger partial charge is 0.129 e. The van der Waals surface area contributed by atoms with Gasteiger partial charge in [0.2, 0.25) is 0 Å². The fraction of sp³-hybridized carbons (Fsp3) is 0.692. The first kappa shape index (κ1) is 13.2. The molecular formula is C13H22N4O. The molecule has 18 heavy (non-hydrogen) atoms. The highest BCUT2D eigenvalue weighted by molar-refractivity contribution is 5.35. The minimum atomic E-state index is 0.509. The summed E-state index contributed by atoms with van der Waals surface area (Å²) in [6.45, 7) is 10.7. The van der Waals surface area contributed by atoms with Crippen LogP contribution in [-0.2, 0) is 4.74 Å². The van der Waals surface area contributed by atoms with E-state index in [2.05, 4.69) is 27.1 Å². The number of ether oxygens (including phenoxy) is 1. The van der Waals surface area contributed by atoms with Gasteiger partial charge in [0.1, 0.15) is 11.6 Å². The van der Waals surface area contributed by atoms with Gasteiger partial charge in [-0.2, -0.15) is 0 Å². The largest absolute Gasteiger partial charge is 0.379 e. The van der Waals surface area contributed by atoms with Gasteiger partial charge in [0.05, 0.1) is 13.2 Å². The Morgan fingerprint density at radius 1 is 1.44 bits per heavy atom. The molecule has 0 radical (unpaired) electrons. The Bertz CT molecular complexity index is 376. The van der Waals surface area contributed by atoms with Crippen LogP contribution in [0.2, 0.25) is 0 Å². The van der Waals surface area contributed by atoms with Crippen molar-refractivity contribution in [3.63, 3.8) is 0 Å². The fourth-order valence-corrected chi connectivity index (χ4v) is 2.23. The van der Waals surface area contributed by atoms with Gasteiger partial charge in [0.15, 0.2) is 0 Å². The lowest BCUT2D eigenvalue weighted by molar-refractivity contribution is 0.00181. The Morgan fingerprint density at radius 3 is 3.00 bits per heavy atom. The maximum atomic E-state index is 5.43. The van der Waals surface area contributed by atoms with Crippen LogP contribution in [0.25, 0.3) is 0 Å². The standard InChI is InChI=1S/C13H22N4O/c1-10-8-13(16-12(3)15-10)14-4-5-17-6-7-18-9-11(17)2/h8,11H,4-7,9H2,1-3H3,(H,14,15,16). The molecule has 0 amide bonds. The molecule has 0 spiro atoms. The minimum Gasteiger partial charge on any atom is -0.379 e. The van der Waals surface area contributed by atoms with Crippen LogP contribution in [0.1, 0.15) is 18.4 Å². The number of rotatable bonds is 4. The predicted molar refractivity (Wildman–Crippen MR) is 71.8 cm³/mol. The second-order valence-electron chi connectivity index (χ2n) is 4.83. The quantitative estimate of drug-likeness (QED) is 0.871. The summed E-state index contributed by atoms with van der Waals surface area (Å²) in [4.78, 5) is 11.1. The van der Waals surface area contributed by atoms with Crippen molar-refractivity contribution >= 4 is 5.82 Å². The van der Waals surface area contributed by atoms with Crippen LogP contribution in [0.15, 0.2) is 6.07 Å². The molecule has 1 unspecified atom stereocenters. The number of nitrogens with one attached hydrogen (secondary N) is 1. The molecule has 1 aromatic rings. The second-order valence-corrected chi connectivity index (χ2v) is 4.83. The Hall–Kier alpha value is -1.20. The summed E-state index contributed by atoms with van der Waals surface area (Å²) in [6.07, 6.45) is 0. The van der Waals surface area contributed by atoms with E-state index in [1.54, 1.807) is 0 Å². The lowest BCUT2D eigenvalue weighted by atomic mass is 10.2. The van der Waals surface area contributed by atoms with Crippen molar-refractivity contribution in [2.75, 3.05) is 38.2 Å². The first-order valence-electron chi connectivity index (χ1n) is 6.53. The van der Waals surface area contributed by atoms with Crippen molar-refractivity contribution < 1.29 is 4.74 Å². The van der Waals surface area contributed by atoms with Gasteiger partial charge >= 0.3 is 0 Å². The monoisotopic (exact) mass is 250 g/mol. The number of nitrogens with zero attached hydrogens (tertiary/aromatic N) is 3. The van der Waals surface area contributed by atoms with E-state index in [1.807, 2.05) is 19.9 Å². The normalized spacial score (nSPS) is 20.9. The zero-order valence-electron chi connectivity index (χ0n) is 11.4. The van der Waals surface area contributed by atoms with Crippen molar-refractivity contribution in [1.29, 1.82) is 0 Å². The van der Waals surface area contributed by atoms with Gasteiger partial charge in [-0.05, 0) is 20.8 Å². The molecule has 1 N–H and O–H groups in total. The third-order valence-corrected chi connectivity index (χ3v) is 3.18. The van der Waals surface area contributed by atoms with Crippen LogP contribution in [0.3, 0.4) is 0 Å². The molecule has 1 aliphatic rings. The molecule has 1 aromatic heterocycles. The summed E-state index contributed by atoms with van der Waals surface area (Å²) >= 11 is 0. The number of hydrogen-bond donors (Lipinski definition) is 1. The van der Waals surface area contributed by atoms with Crippen molar-refractivity contribution in [3.05, 3.63) is 17.6 Å². The number of aromatic nitrogens is 2. The minimum absolute atomic E-state index is 0.509. The molecular weight excluding hydrogens is 228 g/mol. The van der Waals surface area contributed by atoms with E-state index < -0.39 is 0 Å². The molecule has 100 valence electrons. The molecule has 2 heterocycles. The summed E-state index contributed by atoms with van der Waals surface area (Å²) in [6, 6.07) is 2.49. The summed E-state index contributed by atoms with van der Waals surface area (Å²) in [5.74, 6) is 1.73. The van der Waals surface area contributed by atoms with Gasteiger partial charge < -0.3 is 10.1 Å². The van der Waals surface area contributed by atoms with Gasteiger partial charge in [-0.3, -0.25) is 4.90 Å². The van der Waals surface area contributed by atoms with E-state index in [1.165, 1.54) is 0 Å². The average Bonchev–Trinajstić information content (AvgIpc) is 2.30. The Balaban J connectivity index is 1.80. The SMILES string of the molecule is Cc1cc(NCCN2CCOCC2C)nc(C)n1. The molecule has 5 heteroatoms. The first-order chi connectivity index (χ1) is 8.65. The molecule has 0 saturated carbocycles. The van der Waals surface area contributed by atoms with Crippen molar-refractivity contribution in [1.82, 2.24) is 14.9 Å². The molecule has 0 aliphatic carbocycles. The van der Waals surface area contributed by atoms with E-state index in [4.69, 9.17) is 4.74 Å². The maximum Gasteiger partial charge on any atom is 0.129 e. The zero-order valence-corrected chi connectivity index (χ0v) is 11.4. The van der Waals surface area contributed by atoms with Gasteiger partial charge in [-0.15, -0.1) is 0 Å². The van der Waals surface area contributed by atoms with Gasteiger partial charge in [-0.1, -0.05) is 0 Å². The zero-order chi connectivity index (χ0) is 13.0. The Kier molecular flexibility index (Phi) is 4.49. The second kappa shape index (κ2) is 6.11. The first-order valence-corrected chi connectivity index (χ1v) is 6.53. The van der Waals surface area contributed by atoms with Crippen LogP contribution >= 0.6 is 0 Å². The van der Waals surface area contributed by atoms with E-state index in [-0.39, 0.29) is 0 Å². The molecule has 1 fully saturated rings. The molecule has 1 saturated heterocycles.